The third-order valence-corrected chi connectivity index (χ3v) is 9.50. The second kappa shape index (κ2) is 21.5. The predicted molar refractivity (Wildman–Crippen MR) is 214 cm³/mol. The minimum atomic E-state index is -2.67. The summed E-state index contributed by atoms with van der Waals surface area (Å²) in [6.45, 7) is -1.74. The number of hydrogen-bond donors (Lipinski definition) is 7. The monoisotopic (exact) mass is 882 g/mol. The summed E-state index contributed by atoms with van der Waals surface area (Å²) in [4.78, 5) is 51.8. The zero-order valence-electron chi connectivity index (χ0n) is 33.9. The first-order valence-electron chi connectivity index (χ1n) is 19.0. The summed E-state index contributed by atoms with van der Waals surface area (Å²) in [6.07, 6.45) is -8.03. The Hall–Kier alpha value is -6.52. The van der Waals surface area contributed by atoms with Gasteiger partial charge in [-0.2, -0.15) is 0 Å². The standard InChI is InChI=1S/C43H46O20/c1-23(45)59-40-39(54)37(52)32(20-44)60-42(40)63-43(22-58-35(50)15-8-24-4-11-27(46)12-5-24)41(61-36(51)17-10-26-7-14-29(48)31(19-26)56-3)38(53)33(62-43)21-57-34(49)16-9-25-6-13-28(47)30(18-25)55-2/h4-19,32-33,37-42,44,46-48,52-54H,20-22H2,1-3H3/b15-8+,16-9+,17-10+/t32-,33-,37-,38-,39+,40-,41+,42-,43+/m1/s1. The first-order valence-corrected chi connectivity index (χ1v) is 19.0. The fourth-order valence-corrected chi connectivity index (χ4v) is 6.32. The molecule has 2 fully saturated rings. The van der Waals surface area contributed by atoms with Crippen LogP contribution in [0.25, 0.3) is 18.2 Å². The van der Waals surface area contributed by atoms with Crippen molar-refractivity contribution < 1.29 is 97.6 Å². The normalized spacial score (nSPS) is 25.8. The van der Waals surface area contributed by atoms with Crippen molar-refractivity contribution in [3.05, 3.63) is 95.6 Å². The maximum Gasteiger partial charge on any atom is 0.331 e. The van der Waals surface area contributed by atoms with E-state index in [-0.39, 0.29) is 28.7 Å². The maximum atomic E-state index is 13.5. The van der Waals surface area contributed by atoms with Gasteiger partial charge in [-0.05, 0) is 71.3 Å². The van der Waals surface area contributed by atoms with Crippen LogP contribution >= 0.6 is 0 Å². The van der Waals surface area contributed by atoms with E-state index < -0.39 is 98.5 Å². The van der Waals surface area contributed by atoms with Crippen LogP contribution in [0, 0.1) is 0 Å². The minimum Gasteiger partial charge on any atom is -0.508 e. The van der Waals surface area contributed by atoms with E-state index >= 15 is 0 Å². The number of phenols is 3. The van der Waals surface area contributed by atoms with Gasteiger partial charge in [0.15, 0.2) is 35.2 Å². The Labute approximate surface area is 359 Å². The van der Waals surface area contributed by atoms with Crippen LogP contribution in [0.15, 0.2) is 78.9 Å². The molecule has 2 aliphatic heterocycles. The Balaban J connectivity index is 1.50. The zero-order valence-corrected chi connectivity index (χ0v) is 33.9. The largest absolute Gasteiger partial charge is 0.508 e. The molecule has 9 atom stereocenters. The topological polar surface area (TPSA) is 293 Å². The van der Waals surface area contributed by atoms with Crippen molar-refractivity contribution in [3.63, 3.8) is 0 Å². The first-order chi connectivity index (χ1) is 30.1. The number of rotatable bonds is 17. The Morgan fingerprint density at radius 2 is 1.22 bits per heavy atom. The highest BCUT2D eigenvalue weighted by atomic mass is 16.8. The molecule has 3 aromatic carbocycles. The molecule has 0 radical (unpaired) electrons. The highest BCUT2D eigenvalue weighted by Gasteiger charge is 2.62. The van der Waals surface area contributed by atoms with Crippen LogP contribution in [0.3, 0.4) is 0 Å². The molecule has 338 valence electrons. The fraction of sp³-hybridized carbons (Fsp3) is 0.349. The second-order valence-electron chi connectivity index (χ2n) is 13.9. The summed E-state index contributed by atoms with van der Waals surface area (Å²) < 4.78 is 49.9. The quantitative estimate of drug-likeness (QED) is 0.0567. The molecule has 0 amide bonds. The summed E-state index contributed by atoms with van der Waals surface area (Å²) in [7, 11) is 2.65. The molecule has 0 saturated carbocycles. The molecule has 2 aliphatic rings. The van der Waals surface area contributed by atoms with Gasteiger partial charge in [0.2, 0.25) is 12.1 Å². The molecule has 63 heavy (non-hydrogen) atoms. The lowest BCUT2D eigenvalue weighted by Gasteiger charge is -2.44. The molecule has 0 spiro atoms. The number of carbonyl (C=O) groups is 4. The summed E-state index contributed by atoms with van der Waals surface area (Å²) in [5.41, 5.74) is 1.25. The van der Waals surface area contributed by atoms with Gasteiger partial charge in [-0.15, -0.1) is 0 Å². The van der Waals surface area contributed by atoms with E-state index in [2.05, 4.69) is 0 Å². The molecule has 0 bridgehead atoms. The van der Waals surface area contributed by atoms with E-state index in [4.69, 9.17) is 42.6 Å². The van der Waals surface area contributed by atoms with Crippen molar-refractivity contribution in [2.24, 2.45) is 0 Å². The van der Waals surface area contributed by atoms with Crippen LogP contribution in [0.1, 0.15) is 23.6 Å². The van der Waals surface area contributed by atoms with Crippen molar-refractivity contribution in [1.29, 1.82) is 0 Å². The number of ether oxygens (including phenoxy) is 9. The molecule has 5 rings (SSSR count). The summed E-state index contributed by atoms with van der Waals surface area (Å²) in [6, 6.07) is 14.1. The van der Waals surface area contributed by atoms with Gasteiger partial charge in [0, 0.05) is 25.2 Å². The summed E-state index contributed by atoms with van der Waals surface area (Å²) >= 11 is 0. The van der Waals surface area contributed by atoms with Gasteiger partial charge in [-0.25, -0.2) is 14.4 Å². The van der Waals surface area contributed by atoms with E-state index in [1.165, 1.54) is 93.1 Å². The van der Waals surface area contributed by atoms with Crippen molar-refractivity contribution in [2.45, 2.75) is 61.7 Å². The van der Waals surface area contributed by atoms with Gasteiger partial charge in [0.05, 0.1) is 20.8 Å². The van der Waals surface area contributed by atoms with Crippen LogP contribution in [-0.4, -0.2) is 148 Å². The van der Waals surface area contributed by atoms with Gasteiger partial charge >= 0.3 is 23.9 Å². The third kappa shape index (κ3) is 12.3. The highest BCUT2D eigenvalue weighted by Crippen LogP contribution is 2.40. The number of benzene rings is 3. The number of aliphatic hydroxyl groups is 4. The van der Waals surface area contributed by atoms with Gasteiger partial charge < -0.3 is 78.4 Å². The van der Waals surface area contributed by atoms with Crippen molar-refractivity contribution >= 4 is 42.1 Å². The minimum absolute atomic E-state index is 0.0312. The number of hydrogen-bond acceptors (Lipinski definition) is 20. The smallest absolute Gasteiger partial charge is 0.331 e. The van der Waals surface area contributed by atoms with Crippen LogP contribution in [-0.2, 0) is 52.3 Å². The van der Waals surface area contributed by atoms with E-state index in [1.807, 2.05) is 0 Å². The van der Waals surface area contributed by atoms with Gasteiger partial charge in [0.1, 0.15) is 49.5 Å². The Kier molecular flexibility index (Phi) is 16.2. The van der Waals surface area contributed by atoms with E-state index in [0.717, 1.165) is 25.2 Å². The molecule has 7 N–H and O–H groups in total. The lowest BCUT2D eigenvalue weighted by molar-refractivity contribution is -0.383. The average molecular weight is 883 g/mol. The molecule has 20 heteroatoms. The predicted octanol–water partition coefficient (Wildman–Crippen LogP) is 1.10. The highest BCUT2D eigenvalue weighted by molar-refractivity contribution is 5.88. The number of aromatic hydroxyl groups is 3. The molecule has 2 heterocycles. The Morgan fingerprint density at radius 3 is 1.78 bits per heavy atom. The third-order valence-electron chi connectivity index (χ3n) is 9.50. The van der Waals surface area contributed by atoms with Crippen molar-refractivity contribution in [3.8, 4) is 28.7 Å². The van der Waals surface area contributed by atoms with Crippen molar-refractivity contribution in [2.75, 3.05) is 34.0 Å². The first kappa shape index (κ1) is 47.5. The number of esters is 4. The molecule has 0 aliphatic carbocycles. The molecule has 2 saturated heterocycles. The molecule has 0 aromatic heterocycles. The van der Waals surface area contributed by atoms with E-state index in [9.17, 15) is 54.9 Å². The zero-order chi connectivity index (χ0) is 45.8. The van der Waals surface area contributed by atoms with Gasteiger partial charge in [-0.1, -0.05) is 24.3 Å². The van der Waals surface area contributed by atoms with E-state index in [1.54, 1.807) is 0 Å². The van der Waals surface area contributed by atoms with Crippen LogP contribution < -0.4 is 9.47 Å². The van der Waals surface area contributed by atoms with Gasteiger partial charge in [-0.3, -0.25) is 4.79 Å². The molecule has 20 nitrogen and oxygen atoms in total. The SMILES string of the molecule is COc1cc(/C=C/C(=O)OC[C@H]2O[C@@](COC(=O)/C=C/c3ccc(O)cc3)(O[C@H]3O[C@H](CO)[C@@H](O)[C@H](O)[C@H]3OC(C)=O)[C@@H](OC(=O)/C=C/c3ccc(O)c(OC)c3)[C@@H]2O)ccc1O. The molecular formula is C43H46O20. The van der Waals surface area contributed by atoms with Crippen LogP contribution in [0.2, 0.25) is 0 Å². The number of aliphatic hydroxyl groups excluding tert-OH is 4. The second-order valence-corrected chi connectivity index (χ2v) is 13.9. The number of carbonyl (C=O) groups excluding carboxylic acids is 4. The van der Waals surface area contributed by atoms with Crippen molar-refractivity contribution in [1.82, 2.24) is 0 Å². The average Bonchev–Trinajstić information content (AvgIpc) is 3.52. The summed E-state index contributed by atoms with van der Waals surface area (Å²) in [5.74, 6) is -6.97. The number of methoxy groups -OCH3 is 2. The molecular weight excluding hydrogens is 836 g/mol. The Morgan fingerprint density at radius 1 is 0.683 bits per heavy atom. The number of phenolic OH excluding ortho intramolecular Hbond substituents is 3. The Bertz CT molecular complexity index is 2170. The van der Waals surface area contributed by atoms with Gasteiger partial charge in [0.25, 0.3) is 0 Å². The van der Waals surface area contributed by atoms with Crippen LogP contribution in [0.5, 0.6) is 28.7 Å². The van der Waals surface area contributed by atoms with E-state index in [0.29, 0.717) is 16.7 Å². The molecule has 3 aromatic rings. The fourth-order valence-electron chi connectivity index (χ4n) is 6.32. The lowest BCUT2D eigenvalue weighted by Crippen LogP contribution is -2.64. The maximum absolute atomic E-state index is 13.5. The summed E-state index contributed by atoms with van der Waals surface area (Å²) in [5, 5.41) is 72.9. The van der Waals surface area contributed by atoms with Crippen LogP contribution in [0.4, 0.5) is 0 Å². The molecule has 0 unspecified atom stereocenters. The lowest BCUT2D eigenvalue weighted by atomic mass is 9.98.